The summed E-state index contributed by atoms with van der Waals surface area (Å²) in [5.41, 5.74) is 1.75. The van der Waals surface area contributed by atoms with Crippen LogP contribution in [0.1, 0.15) is 11.8 Å². The highest BCUT2D eigenvalue weighted by molar-refractivity contribution is 9.10. The third kappa shape index (κ3) is 3.64. The van der Waals surface area contributed by atoms with Gasteiger partial charge in [0.25, 0.3) is 5.56 Å². The van der Waals surface area contributed by atoms with Gasteiger partial charge in [0, 0.05) is 28.0 Å². The number of aromatic nitrogens is 2. The van der Waals surface area contributed by atoms with Gasteiger partial charge < -0.3 is 9.64 Å². The van der Waals surface area contributed by atoms with Crippen molar-refractivity contribution in [2.45, 2.75) is 19.9 Å². The number of hydrogen-bond acceptors (Lipinski definition) is 5. The summed E-state index contributed by atoms with van der Waals surface area (Å²) in [5.74, 6) is -0.0808. The molecule has 0 radical (unpaired) electrons. The minimum atomic E-state index is -0.166. The minimum absolute atomic E-state index is 0.00113. The lowest BCUT2D eigenvalue weighted by Gasteiger charge is -2.27. The molecule has 1 aromatic carbocycles. The lowest BCUT2D eigenvalue weighted by molar-refractivity contribution is -0.135. The summed E-state index contributed by atoms with van der Waals surface area (Å²) in [6, 6.07) is 7.94. The molecule has 1 amide bonds. The Labute approximate surface area is 174 Å². The van der Waals surface area contributed by atoms with Crippen molar-refractivity contribution in [2.24, 2.45) is 0 Å². The van der Waals surface area contributed by atoms with E-state index in [1.54, 1.807) is 16.2 Å². The first kappa shape index (κ1) is 19.3. The second kappa shape index (κ2) is 8.14. The van der Waals surface area contributed by atoms with Crippen LogP contribution in [0.3, 0.4) is 0 Å². The van der Waals surface area contributed by atoms with Crippen molar-refractivity contribution in [3.05, 3.63) is 50.3 Å². The SMILES string of the molecule is CCc1sc2ncn(CC(=O)N3CCOCC3)c(=O)c2c1-c1ccc(Br)cc1. The Morgan fingerprint density at radius 2 is 1.96 bits per heavy atom. The summed E-state index contributed by atoms with van der Waals surface area (Å²) >= 11 is 5.00. The Hall–Kier alpha value is -2.03. The van der Waals surface area contributed by atoms with Gasteiger partial charge >= 0.3 is 0 Å². The molecule has 1 aliphatic heterocycles. The van der Waals surface area contributed by atoms with Crippen LogP contribution in [-0.2, 0) is 22.5 Å². The number of ether oxygens (including phenoxy) is 1. The second-order valence-corrected chi connectivity index (χ2v) is 8.61. The van der Waals surface area contributed by atoms with Gasteiger partial charge in [-0.25, -0.2) is 4.98 Å². The molecule has 1 saturated heterocycles. The third-order valence-electron chi connectivity index (χ3n) is 4.88. The van der Waals surface area contributed by atoms with Gasteiger partial charge in [0.15, 0.2) is 0 Å². The molecule has 3 heterocycles. The van der Waals surface area contributed by atoms with Crippen molar-refractivity contribution in [2.75, 3.05) is 26.3 Å². The van der Waals surface area contributed by atoms with E-state index in [-0.39, 0.29) is 18.0 Å². The minimum Gasteiger partial charge on any atom is -0.378 e. The van der Waals surface area contributed by atoms with Crippen LogP contribution in [0.25, 0.3) is 21.3 Å². The molecule has 146 valence electrons. The summed E-state index contributed by atoms with van der Waals surface area (Å²) in [4.78, 5) is 33.9. The molecule has 0 bridgehead atoms. The molecule has 4 rings (SSSR count). The van der Waals surface area contributed by atoms with Gasteiger partial charge in [-0.2, -0.15) is 0 Å². The molecule has 0 aliphatic carbocycles. The van der Waals surface area contributed by atoms with Gasteiger partial charge in [0.05, 0.1) is 24.9 Å². The molecule has 2 aromatic heterocycles. The van der Waals surface area contributed by atoms with Crippen molar-refractivity contribution in [3.8, 4) is 11.1 Å². The molecule has 0 spiro atoms. The Balaban J connectivity index is 1.77. The first-order valence-corrected chi connectivity index (χ1v) is 10.8. The quantitative estimate of drug-likeness (QED) is 0.597. The molecule has 0 N–H and O–H groups in total. The molecule has 0 atom stereocenters. The van der Waals surface area contributed by atoms with Crippen molar-refractivity contribution in [3.63, 3.8) is 0 Å². The summed E-state index contributed by atoms with van der Waals surface area (Å²) in [5, 5.41) is 0.599. The number of rotatable bonds is 4. The Morgan fingerprint density at radius 1 is 1.25 bits per heavy atom. The van der Waals surface area contributed by atoms with E-state index in [2.05, 4.69) is 27.8 Å². The van der Waals surface area contributed by atoms with Crippen LogP contribution in [0.2, 0.25) is 0 Å². The number of morpholine rings is 1. The average Bonchev–Trinajstić information content (AvgIpc) is 3.11. The van der Waals surface area contributed by atoms with Gasteiger partial charge in [-0.15, -0.1) is 11.3 Å². The zero-order valence-corrected chi connectivity index (χ0v) is 17.9. The monoisotopic (exact) mass is 461 g/mol. The molecule has 28 heavy (non-hydrogen) atoms. The summed E-state index contributed by atoms with van der Waals surface area (Å²) < 4.78 is 7.70. The first-order valence-electron chi connectivity index (χ1n) is 9.20. The molecular weight excluding hydrogens is 442 g/mol. The zero-order chi connectivity index (χ0) is 19.7. The number of carbonyl (C=O) groups excluding carboxylic acids is 1. The van der Waals surface area contributed by atoms with E-state index < -0.39 is 0 Å². The lowest BCUT2D eigenvalue weighted by Crippen LogP contribution is -2.43. The fourth-order valence-corrected chi connectivity index (χ4v) is 4.77. The maximum atomic E-state index is 13.3. The van der Waals surface area contributed by atoms with Crippen molar-refractivity contribution in [1.82, 2.24) is 14.5 Å². The Morgan fingerprint density at radius 3 is 2.64 bits per heavy atom. The highest BCUT2D eigenvalue weighted by Gasteiger charge is 2.21. The number of nitrogens with zero attached hydrogens (tertiary/aromatic N) is 3. The van der Waals surface area contributed by atoms with Crippen molar-refractivity contribution in [1.29, 1.82) is 0 Å². The predicted octanol–water partition coefficient (Wildman–Crippen LogP) is 3.31. The molecule has 1 aliphatic rings. The lowest BCUT2D eigenvalue weighted by atomic mass is 10.0. The van der Waals surface area contributed by atoms with Crippen LogP contribution in [0, 0.1) is 0 Å². The Bertz CT molecular complexity index is 1070. The van der Waals surface area contributed by atoms with Crippen molar-refractivity contribution >= 4 is 43.4 Å². The zero-order valence-electron chi connectivity index (χ0n) is 15.5. The molecule has 1 fully saturated rings. The number of carbonyl (C=O) groups is 1. The fraction of sp³-hybridized carbons (Fsp3) is 0.350. The topological polar surface area (TPSA) is 64.4 Å². The van der Waals surface area contributed by atoms with Crippen LogP contribution in [-0.4, -0.2) is 46.7 Å². The predicted molar refractivity (Wildman–Crippen MR) is 114 cm³/mol. The van der Waals surface area contributed by atoms with E-state index in [1.165, 1.54) is 10.9 Å². The van der Waals surface area contributed by atoms with Crippen molar-refractivity contribution < 1.29 is 9.53 Å². The second-order valence-electron chi connectivity index (χ2n) is 6.61. The van der Waals surface area contributed by atoms with Gasteiger partial charge in [-0.05, 0) is 24.1 Å². The molecule has 3 aromatic rings. The highest BCUT2D eigenvalue weighted by Crippen LogP contribution is 2.36. The van der Waals surface area contributed by atoms with Gasteiger partial charge in [-0.3, -0.25) is 14.2 Å². The number of fused-ring (bicyclic) bond motifs is 1. The average molecular weight is 462 g/mol. The van der Waals surface area contributed by atoms with Crippen LogP contribution in [0.4, 0.5) is 0 Å². The maximum absolute atomic E-state index is 13.3. The van der Waals surface area contributed by atoms with Crippen LogP contribution < -0.4 is 5.56 Å². The van der Waals surface area contributed by atoms with Gasteiger partial charge in [-0.1, -0.05) is 35.0 Å². The summed E-state index contributed by atoms with van der Waals surface area (Å²) in [6.07, 6.45) is 2.31. The molecule has 0 saturated carbocycles. The van der Waals surface area contributed by atoms with Gasteiger partial charge in [0.2, 0.25) is 5.91 Å². The van der Waals surface area contributed by atoms with Crippen LogP contribution in [0.5, 0.6) is 0 Å². The summed E-state index contributed by atoms with van der Waals surface area (Å²) in [7, 11) is 0. The standard InChI is InChI=1S/C20H20BrN3O3S/c1-2-15-17(13-3-5-14(21)6-4-13)18-19(28-15)22-12-24(20(18)26)11-16(25)23-7-9-27-10-8-23/h3-6,12H,2,7-11H2,1H3. The number of benzene rings is 1. The number of hydrogen-bond donors (Lipinski definition) is 0. The molecule has 8 heteroatoms. The van der Waals surface area contributed by atoms with E-state index in [1.807, 2.05) is 24.3 Å². The third-order valence-corrected chi connectivity index (χ3v) is 6.65. The van der Waals surface area contributed by atoms with E-state index in [4.69, 9.17) is 4.74 Å². The molecule has 6 nitrogen and oxygen atoms in total. The molecular formula is C20H20BrN3O3S. The van der Waals surface area contributed by atoms with E-state index in [9.17, 15) is 9.59 Å². The number of aryl methyl sites for hydroxylation is 1. The summed E-state index contributed by atoms with van der Waals surface area (Å²) in [6.45, 7) is 4.27. The van der Waals surface area contributed by atoms with Crippen LogP contribution >= 0.6 is 27.3 Å². The number of thiophene rings is 1. The number of halogens is 1. The van der Waals surface area contributed by atoms with Crippen LogP contribution in [0.15, 0.2) is 39.9 Å². The molecule has 0 unspecified atom stereocenters. The van der Waals surface area contributed by atoms with E-state index in [0.717, 1.165) is 31.7 Å². The van der Waals surface area contributed by atoms with E-state index in [0.29, 0.717) is 31.7 Å². The Kier molecular flexibility index (Phi) is 5.61. The first-order chi connectivity index (χ1) is 13.6. The maximum Gasteiger partial charge on any atom is 0.263 e. The normalized spacial score (nSPS) is 14.6. The largest absolute Gasteiger partial charge is 0.378 e. The highest BCUT2D eigenvalue weighted by atomic mass is 79.9. The smallest absolute Gasteiger partial charge is 0.263 e. The van der Waals surface area contributed by atoms with Gasteiger partial charge in [0.1, 0.15) is 11.4 Å². The fourth-order valence-electron chi connectivity index (χ4n) is 3.41. The van der Waals surface area contributed by atoms with E-state index >= 15 is 0 Å². The number of amides is 1.